The Balaban J connectivity index is 0.896. The van der Waals surface area contributed by atoms with E-state index in [2.05, 4.69) is 298 Å². The summed E-state index contributed by atoms with van der Waals surface area (Å²) in [6.45, 7) is 0. The van der Waals surface area contributed by atoms with Crippen molar-refractivity contribution in [3.63, 3.8) is 0 Å². The van der Waals surface area contributed by atoms with Gasteiger partial charge in [0.15, 0.2) is 0 Å². The predicted molar refractivity (Wildman–Crippen MR) is 304 cm³/mol. The summed E-state index contributed by atoms with van der Waals surface area (Å²) in [5, 5.41) is 7.29. The Kier molecular flexibility index (Phi) is 9.82. The van der Waals surface area contributed by atoms with Gasteiger partial charge >= 0.3 is 0 Å². The van der Waals surface area contributed by atoms with Gasteiger partial charge in [0, 0.05) is 67.2 Å². The first kappa shape index (κ1) is 41.3. The molecule has 0 saturated carbocycles. The van der Waals surface area contributed by atoms with Crippen molar-refractivity contribution in [2.45, 2.75) is 0 Å². The largest absolute Gasteiger partial charge is 0.310 e. The molecule has 0 unspecified atom stereocenters. The van der Waals surface area contributed by atoms with Gasteiger partial charge < -0.3 is 19.3 Å². The van der Waals surface area contributed by atoms with Crippen LogP contribution < -0.4 is 14.7 Å². The van der Waals surface area contributed by atoms with E-state index in [0.717, 1.165) is 56.7 Å². The van der Waals surface area contributed by atoms with Crippen LogP contribution in [0.5, 0.6) is 0 Å². The quantitative estimate of drug-likeness (QED) is 0.143. The number of para-hydroxylation sites is 5. The number of nitrogens with zero attached hydrogens (tertiary/aromatic N) is 4. The number of hydrogen-bond donors (Lipinski definition) is 0. The number of rotatable bonds is 9. The molecule has 4 nitrogen and oxygen atoms in total. The maximum atomic E-state index is 2.46. The van der Waals surface area contributed by atoms with E-state index < -0.39 is 0 Å². The molecule has 0 saturated heterocycles. The molecule has 338 valence electrons. The highest BCUT2D eigenvalue weighted by molar-refractivity contribution is 6.15. The molecule has 0 N–H and O–H groups in total. The normalized spacial score (nSPS) is 11.9. The monoisotopic (exact) mass is 918 g/mol. The highest BCUT2D eigenvalue weighted by atomic mass is 15.2. The lowest BCUT2D eigenvalue weighted by molar-refractivity contribution is 1.18. The maximum absolute atomic E-state index is 2.46. The van der Waals surface area contributed by atoms with Crippen molar-refractivity contribution < 1.29 is 0 Å². The van der Waals surface area contributed by atoms with Crippen LogP contribution in [0.15, 0.2) is 279 Å². The number of benzene rings is 12. The summed E-state index contributed by atoms with van der Waals surface area (Å²) in [5.74, 6) is 0. The van der Waals surface area contributed by atoms with Gasteiger partial charge in [0.05, 0.1) is 22.4 Å². The topological polar surface area (TPSA) is 14.7 Å². The van der Waals surface area contributed by atoms with E-state index in [1.54, 1.807) is 0 Å². The SMILES string of the molecule is c1ccc(N(c2ccccc2)c2ccc3cc(N4c5ccc(-c6ccc7c8ccc(N(c9ccccc9)c9ccccc9)cc8n(-c8ccccc8)c7c6)cc5-c5cccc6cccc4c56)ccc3c2)cc1. The molecule has 0 fully saturated rings. The molecule has 0 aliphatic carbocycles. The third-order valence-corrected chi connectivity index (χ3v) is 14.4. The zero-order valence-corrected chi connectivity index (χ0v) is 39.3. The third-order valence-electron chi connectivity index (χ3n) is 14.4. The lowest BCUT2D eigenvalue weighted by Crippen LogP contribution is -2.15. The summed E-state index contributed by atoms with van der Waals surface area (Å²) < 4.78 is 2.44. The minimum absolute atomic E-state index is 1.10. The van der Waals surface area contributed by atoms with Crippen molar-refractivity contribution >= 4 is 94.5 Å². The highest BCUT2D eigenvalue weighted by Crippen LogP contribution is 2.52. The second-order valence-electron chi connectivity index (χ2n) is 18.6. The van der Waals surface area contributed by atoms with Crippen LogP contribution in [0.4, 0.5) is 51.2 Å². The first-order valence-electron chi connectivity index (χ1n) is 24.7. The fraction of sp³-hybridized carbons (Fsp3) is 0. The molecular weight excluding hydrogens is 873 g/mol. The number of aromatic nitrogens is 1. The van der Waals surface area contributed by atoms with Crippen molar-refractivity contribution in [2.75, 3.05) is 14.7 Å². The predicted octanol–water partition coefficient (Wildman–Crippen LogP) is 19.1. The molecule has 14 rings (SSSR count). The fourth-order valence-corrected chi connectivity index (χ4v) is 11.1. The molecule has 1 aliphatic heterocycles. The van der Waals surface area contributed by atoms with Crippen molar-refractivity contribution in [1.29, 1.82) is 0 Å². The van der Waals surface area contributed by atoms with Gasteiger partial charge in [-0.25, -0.2) is 0 Å². The van der Waals surface area contributed by atoms with Crippen molar-refractivity contribution in [3.8, 4) is 27.9 Å². The smallest absolute Gasteiger partial charge is 0.0561 e. The first-order chi connectivity index (χ1) is 35.7. The van der Waals surface area contributed by atoms with Crippen LogP contribution in [0.3, 0.4) is 0 Å². The maximum Gasteiger partial charge on any atom is 0.0561 e. The van der Waals surface area contributed by atoms with Gasteiger partial charge in [-0.3, -0.25) is 0 Å². The summed E-state index contributed by atoms with van der Waals surface area (Å²) in [6.07, 6.45) is 0. The standard InChI is InChI=1S/C68H46N4/c1-6-20-52(21-7-1)69(53-22-8-2-9-23-53)57-36-32-49-43-58(37-33-48(49)42-57)72-64-41-35-50(44-63(64)62-30-16-18-47-19-17-31-65(72)68(47)62)51-34-39-60-61-40-38-59(46-67(61)71(66(60)45-51)56-28-14-5-15-29-56)70(54-24-10-3-11-25-54)55-26-12-4-13-27-55/h1-46H. The van der Waals surface area contributed by atoms with Crippen LogP contribution >= 0.6 is 0 Å². The molecule has 1 aromatic heterocycles. The summed E-state index contributed by atoms with van der Waals surface area (Å²) in [6, 6.07) is 101. The third kappa shape index (κ3) is 6.92. The molecule has 0 radical (unpaired) electrons. The highest BCUT2D eigenvalue weighted by Gasteiger charge is 2.27. The van der Waals surface area contributed by atoms with Crippen molar-refractivity contribution in [1.82, 2.24) is 4.57 Å². The van der Waals surface area contributed by atoms with E-state index >= 15 is 0 Å². The van der Waals surface area contributed by atoms with Crippen LogP contribution in [0.2, 0.25) is 0 Å². The van der Waals surface area contributed by atoms with Crippen molar-refractivity contribution in [3.05, 3.63) is 279 Å². The minimum Gasteiger partial charge on any atom is -0.310 e. The lowest BCUT2D eigenvalue weighted by Gasteiger charge is -2.34. The van der Waals surface area contributed by atoms with Crippen LogP contribution in [-0.4, -0.2) is 4.57 Å². The first-order valence-corrected chi connectivity index (χ1v) is 24.7. The van der Waals surface area contributed by atoms with Gasteiger partial charge in [-0.2, -0.15) is 0 Å². The van der Waals surface area contributed by atoms with Crippen LogP contribution in [-0.2, 0) is 0 Å². The Bertz CT molecular complexity index is 4070. The average molecular weight is 919 g/mol. The van der Waals surface area contributed by atoms with Crippen LogP contribution in [0.25, 0.3) is 71.3 Å². The summed E-state index contributed by atoms with van der Waals surface area (Å²) >= 11 is 0. The van der Waals surface area contributed by atoms with Gasteiger partial charge in [-0.05, 0) is 154 Å². The molecule has 4 heteroatoms. The number of anilines is 9. The molecule has 0 bridgehead atoms. The Morgan fingerprint density at radius 1 is 0.264 bits per heavy atom. The van der Waals surface area contributed by atoms with Gasteiger partial charge in [0.2, 0.25) is 0 Å². The zero-order valence-electron chi connectivity index (χ0n) is 39.3. The zero-order chi connectivity index (χ0) is 47.5. The molecular formula is C68H46N4. The summed E-state index contributed by atoms with van der Waals surface area (Å²) in [5.41, 5.74) is 18.4. The summed E-state index contributed by atoms with van der Waals surface area (Å²) in [4.78, 5) is 7.13. The summed E-state index contributed by atoms with van der Waals surface area (Å²) in [7, 11) is 0. The minimum atomic E-state index is 1.10. The number of hydrogen-bond acceptors (Lipinski definition) is 3. The Hall–Kier alpha value is -9.64. The second kappa shape index (κ2) is 17.1. The Morgan fingerprint density at radius 3 is 1.40 bits per heavy atom. The molecule has 12 aromatic carbocycles. The van der Waals surface area contributed by atoms with Gasteiger partial charge in [0.25, 0.3) is 0 Å². The van der Waals surface area contributed by atoms with E-state index in [9.17, 15) is 0 Å². The van der Waals surface area contributed by atoms with Gasteiger partial charge in [-0.15, -0.1) is 0 Å². The second-order valence-corrected chi connectivity index (χ2v) is 18.6. The van der Waals surface area contributed by atoms with E-state index in [-0.39, 0.29) is 0 Å². The molecule has 2 heterocycles. The Labute approximate surface area is 418 Å². The van der Waals surface area contributed by atoms with E-state index in [4.69, 9.17) is 0 Å². The van der Waals surface area contributed by atoms with Gasteiger partial charge in [-0.1, -0.05) is 158 Å². The van der Waals surface area contributed by atoms with Gasteiger partial charge in [0.1, 0.15) is 0 Å². The van der Waals surface area contributed by atoms with Crippen LogP contribution in [0, 0.1) is 0 Å². The van der Waals surface area contributed by atoms with Crippen LogP contribution in [0.1, 0.15) is 0 Å². The lowest BCUT2D eigenvalue weighted by atomic mass is 9.88. The molecule has 0 atom stereocenters. The molecule has 0 spiro atoms. The fourth-order valence-electron chi connectivity index (χ4n) is 11.1. The molecule has 13 aromatic rings. The molecule has 72 heavy (non-hydrogen) atoms. The Morgan fingerprint density at radius 2 is 0.764 bits per heavy atom. The number of fused-ring (bicyclic) bond motifs is 6. The average Bonchev–Trinajstić information content (AvgIpc) is 3.78. The van der Waals surface area contributed by atoms with E-state index in [0.29, 0.717) is 0 Å². The molecule has 0 amide bonds. The van der Waals surface area contributed by atoms with Crippen molar-refractivity contribution in [2.24, 2.45) is 0 Å². The molecule has 1 aliphatic rings. The van der Waals surface area contributed by atoms with E-state index in [1.165, 1.54) is 65.8 Å². The van der Waals surface area contributed by atoms with E-state index in [1.807, 2.05) is 0 Å².